The van der Waals surface area contributed by atoms with Crippen molar-refractivity contribution in [2.45, 2.75) is 20.8 Å². The second-order valence-corrected chi connectivity index (χ2v) is 2.81. The Bertz CT molecular complexity index is 216. The molecule has 0 N–H and O–H groups in total. The topological polar surface area (TPSA) is 0 Å². The van der Waals surface area contributed by atoms with E-state index in [9.17, 15) is 0 Å². The fourth-order valence-corrected chi connectivity index (χ4v) is 1.13. The third-order valence-corrected chi connectivity index (χ3v) is 1.68. The Morgan fingerprint density at radius 3 is 2.00 bits per heavy atom. The standard InChI is InChI=1S/C10H13.V/c1-8(2)10-7-5-4-6-9(10)3;/h4-7H,1-3H3;/q-1;. The summed E-state index contributed by atoms with van der Waals surface area (Å²) in [4.78, 5) is 0. The van der Waals surface area contributed by atoms with Gasteiger partial charge in [-0.2, -0.15) is 23.1 Å². The van der Waals surface area contributed by atoms with E-state index >= 15 is 0 Å². The Balaban J connectivity index is 0.000001000. The molecule has 0 heterocycles. The molecule has 0 aliphatic carbocycles. The first-order chi connectivity index (χ1) is 4.72. The molecule has 1 aromatic carbocycles. The first-order valence-electron chi connectivity index (χ1n) is 3.58. The number of benzene rings is 1. The van der Waals surface area contributed by atoms with Crippen LogP contribution in [0.3, 0.4) is 0 Å². The molecule has 1 aromatic rings. The summed E-state index contributed by atoms with van der Waals surface area (Å²) in [6.45, 7) is 6.42. The zero-order valence-electron chi connectivity index (χ0n) is 7.26. The van der Waals surface area contributed by atoms with E-state index in [1.165, 1.54) is 17.0 Å². The van der Waals surface area contributed by atoms with Crippen LogP contribution in [0.5, 0.6) is 0 Å². The van der Waals surface area contributed by atoms with Gasteiger partial charge in [-0.3, -0.25) is 0 Å². The molecular formula is C10H13V-. The van der Waals surface area contributed by atoms with Gasteiger partial charge in [0, 0.05) is 18.6 Å². The van der Waals surface area contributed by atoms with Gasteiger partial charge in [-0.25, -0.2) is 0 Å². The Kier molecular flexibility index (Phi) is 4.40. The SMILES string of the molecule is Cc1ccccc1[C-](C)C.[V]. The molecule has 0 aliphatic rings. The molecule has 0 nitrogen and oxygen atoms in total. The maximum Gasteiger partial charge on any atom is 0 e. The molecular weight excluding hydrogens is 171 g/mol. The summed E-state index contributed by atoms with van der Waals surface area (Å²) in [5, 5.41) is 0. The summed E-state index contributed by atoms with van der Waals surface area (Å²) < 4.78 is 0. The Labute approximate surface area is 80.9 Å². The third kappa shape index (κ3) is 2.65. The molecule has 1 heteroatoms. The van der Waals surface area contributed by atoms with Crippen LogP contribution >= 0.6 is 0 Å². The summed E-state index contributed by atoms with van der Waals surface area (Å²) in [6.07, 6.45) is 0. The molecule has 0 aromatic heterocycles. The van der Waals surface area contributed by atoms with Gasteiger partial charge in [0.15, 0.2) is 0 Å². The van der Waals surface area contributed by atoms with Gasteiger partial charge >= 0.3 is 0 Å². The predicted molar refractivity (Wildman–Crippen MR) is 44.9 cm³/mol. The quantitative estimate of drug-likeness (QED) is 0.588. The van der Waals surface area contributed by atoms with Gasteiger partial charge in [-0.1, -0.05) is 26.8 Å². The fourth-order valence-electron chi connectivity index (χ4n) is 1.13. The van der Waals surface area contributed by atoms with Crippen LogP contribution in [0.2, 0.25) is 0 Å². The van der Waals surface area contributed by atoms with Gasteiger partial charge in [0.25, 0.3) is 0 Å². The second kappa shape index (κ2) is 4.53. The van der Waals surface area contributed by atoms with Crippen LogP contribution in [0, 0.1) is 12.8 Å². The van der Waals surface area contributed by atoms with E-state index in [0.717, 1.165) is 0 Å². The van der Waals surface area contributed by atoms with Crippen molar-refractivity contribution in [3.8, 4) is 0 Å². The molecule has 0 fully saturated rings. The average Bonchev–Trinajstić information content (AvgIpc) is 1.88. The normalized spacial score (nSPS) is 8.64. The molecule has 0 atom stereocenters. The molecule has 0 amide bonds. The molecule has 0 aliphatic heterocycles. The minimum atomic E-state index is 0. The molecule has 1 radical (unpaired) electrons. The van der Waals surface area contributed by atoms with Crippen LogP contribution in [0.1, 0.15) is 25.0 Å². The summed E-state index contributed by atoms with van der Waals surface area (Å²) in [5.41, 5.74) is 2.74. The van der Waals surface area contributed by atoms with Gasteiger partial charge < -0.3 is 0 Å². The van der Waals surface area contributed by atoms with E-state index in [1.54, 1.807) is 0 Å². The molecule has 0 bridgehead atoms. The van der Waals surface area contributed by atoms with Gasteiger partial charge in [0.1, 0.15) is 0 Å². The van der Waals surface area contributed by atoms with Crippen molar-refractivity contribution in [2.75, 3.05) is 0 Å². The smallest absolute Gasteiger partial charge is 0 e. The number of aryl methyl sites for hydroxylation is 1. The van der Waals surface area contributed by atoms with E-state index < -0.39 is 0 Å². The fraction of sp³-hybridized carbons (Fsp3) is 0.300. The van der Waals surface area contributed by atoms with Crippen molar-refractivity contribution in [3.05, 3.63) is 41.3 Å². The van der Waals surface area contributed by atoms with E-state index in [0.29, 0.717) is 0 Å². The monoisotopic (exact) mass is 184 g/mol. The van der Waals surface area contributed by atoms with Crippen LogP contribution in [-0.2, 0) is 18.6 Å². The largest absolute Gasteiger partial charge is 0.186 e. The van der Waals surface area contributed by atoms with Crippen LogP contribution in [0.4, 0.5) is 0 Å². The number of hydrogen-bond acceptors (Lipinski definition) is 0. The minimum absolute atomic E-state index is 0. The van der Waals surface area contributed by atoms with Crippen LogP contribution in [0.25, 0.3) is 0 Å². The Morgan fingerprint density at radius 2 is 1.64 bits per heavy atom. The second-order valence-electron chi connectivity index (χ2n) is 2.81. The summed E-state index contributed by atoms with van der Waals surface area (Å²) in [6, 6.07) is 8.45. The minimum Gasteiger partial charge on any atom is -0.186 e. The molecule has 11 heavy (non-hydrogen) atoms. The summed E-state index contributed by atoms with van der Waals surface area (Å²) in [5.74, 6) is 1.39. The van der Waals surface area contributed by atoms with Crippen molar-refractivity contribution in [2.24, 2.45) is 0 Å². The third-order valence-electron chi connectivity index (χ3n) is 1.68. The maximum absolute atomic E-state index is 2.16. The first-order valence-corrected chi connectivity index (χ1v) is 3.58. The number of hydrogen-bond donors (Lipinski definition) is 0. The van der Waals surface area contributed by atoms with Crippen molar-refractivity contribution in [3.63, 3.8) is 0 Å². The molecule has 0 saturated carbocycles. The average molecular weight is 184 g/mol. The zero-order chi connectivity index (χ0) is 7.56. The molecule has 0 unspecified atom stereocenters. The van der Waals surface area contributed by atoms with Gasteiger partial charge in [-0.15, -0.1) is 12.1 Å². The molecule has 0 saturated heterocycles. The maximum atomic E-state index is 2.16. The summed E-state index contributed by atoms with van der Waals surface area (Å²) in [7, 11) is 0. The van der Waals surface area contributed by atoms with Crippen LogP contribution in [-0.4, -0.2) is 0 Å². The van der Waals surface area contributed by atoms with Crippen molar-refractivity contribution in [1.29, 1.82) is 0 Å². The molecule has 0 spiro atoms. The van der Waals surface area contributed by atoms with Gasteiger partial charge in [0.05, 0.1) is 0 Å². The predicted octanol–water partition coefficient (Wildman–Crippen LogP) is 2.95. The van der Waals surface area contributed by atoms with E-state index in [2.05, 4.69) is 45.0 Å². The van der Waals surface area contributed by atoms with Gasteiger partial charge in [-0.05, 0) is 0 Å². The summed E-state index contributed by atoms with van der Waals surface area (Å²) >= 11 is 0. The molecule has 1 rings (SSSR count). The van der Waals surface area contributed by atoms with Gasteiger partial charge in [0.2, 0.25) is 0 Å². The van der Waals surface area contributed by atoms with E-state index in [4.69, 9.17) is 0 Å². The van der Waals surface area contributed by atoms with Crippen molar-refractivity contribution >= 4 is 0 Å². The van der Waals surface area contributed by atoms with E-state index in [-0.39, 0.29) is 18.6 Å². The van der Waals surface area contributed by atoms with E-state index in [1.807, 2.05) is 0 Å². The van der Waals surface area contributed by atoms with Crippen LogP contribution in [0.15, 0.2) is 24.3 Å². The van der Waals surface area contributed by atoms with Crippen molar-refractivity contribution in [1.82, 2.24) is 0 Å². The zero-order valence-corrected chi connectivity index (χ0v) is 8.65. The number of rotatable bonds is 1. The van der Waals surface area contributed by atoms with Crippen molar-refractivity contribution < 1.29 is 18.6 Å². The first kappa shape index (κ1) is 10.7. The Hall–Kier alpha value is -0.326. The Morgan fingerprint density at radius 1 is 1.09 bits per heavy atom. The van der Waals surface area contributed by atoms with Crippen LogP contribution < -0.4 is 0 Å². The molecule has 59 valence electrons.